The minimum Gasteiger partial charge on any atom is -0.497 e. The summed E-state index contributed by atoms with van der Waals surface area (Å²) in [6, 6.07) is 14.9. The molecular weight excluding hydrogens is 368 g/mol. The lowest BCUT2D eigenvalue weighted by atomic mass is 10.0. The molecule has 2 aromatic carbocycles. The first-order chi connectivity index (χ1) is 14.0. The molecule has 2 aromatic rings. The first kappa shape index (κ1) is 20.6. The number of amides is 2. The van der Waals surface area contributed by atoms with E-state index in [-0.39, 0.29) is 17.5 Å². The number of nitrogens with zero attached hydrogens (tertiary/aromatic N) is 1. The third-order valence-electron chi connectivity index (χ3n) is 4.72. The number of imide groups is 1. The zero-order chi connectivity index (χ0) is 20.8. The molecule has 3 rings (SSSR count). The van der Waals surface area contributed by atoms with E-state index in [1.54, 1.807) is 13.2 Å². The van der Waals surface area contributed by atoms with Crippen LogP contribution in [-0.4, -0.2) is 43.6 Å². The van der Waals surface area contributed by atoms with Crippen LogP contribution >= 0.6 is 0 Å². The second kappa shape index (κ2) is 9.39. The zero-order valence-electron chi connectivity index (χ0n) is 17.0. The van der Waals surface area contributed by atoms with Crippen LogP contribution in [0.2, 0.25) is 0 Å². The predicted octanol–water partition coefficient (Wildman–Crippen LogP) is 3.62. The number of carbonyl (C=O) groups is 2. The first-order valence-corrected chi connectivity index (χ1v) is 9.71. The Morgan fingerprint density at radius 3 is 2.48 bits per heavy atom. The van der Waals surface area contributed by atoms with Crippen LogP contribution in [0.25, 0.3) is 5.57 Å². The Kier molecular flexibility index (Phi) is 6.67. The van der Waals surface area contributed by atoms with E-state index < -0.39 is 0 Å². The number of aryl methyl sites for hydroxylation is 1. The van der Waals surface area contributed by atoms with Crippen LogP contribution in [0.4, 0.5) is 5.69 Å². The van der Waals surface area contributed by atoms with Crippen molar-refractivity contribution < 1.29 is 19.1 Å². The van der Waals surface area contributed by atoms with Crippen LogP contribution in [0.3, 0.4) is 0 Å². The number of benzene rings is 2. The van der Waals surface area contributed by atoms with Crippen LogP contribution in [0.5, 0.6) is 5.75 Å². The molecule has 1 N–H and O–H groups in total. The average Bonchev–Trinajstić information content (AvgIpc) is 2.96. The van der Waals surface area contributed by atoms with E-state index in [4.69, 9.17) is 9.47 Å². The summed E-state index contributed by atoms with van der Waals surface area (Å²) in [4.78, 5) is 27.5. The molecule has 0 aliphatic carbocycles. The van der Waals surface area contributed by atoms with Crippen molar-refractivity contribution in [3.63, 3.8) is 0 Å². The second-order valence-electron chi connectivity index (χ2n) is 6.79. The zero-order valence-corrected chi connectivity index (χ0v) is 17.0. The molecule has 0 aromatic heterocycles. The van der Waals surface area contributed by atoms with Crippen LogP contribution in [0, 0.1) is 6.92 Å². The minimum absolute atomic E-state index is 0.281. The molecule has 2 amide bonds. The van der Waals surface area contributed by atoms with E-state index in [0.717, 1.165) is 5.56 Å². The molecule has 6 nitrogen and oxygen atoms in total. The van der Waals surface area contributed by atoms with Crippen molar-refractivity contribution >= 4 is 23.1 Å². The molecule has 1 aliphatic heterocycles. The van der Waals surface area contributed by atoms with Gasteiger partial charge in [-0.25, -0.2) is 0 Å². The third-order valence-corrected chi connectivity index (χ3v) is 4.72. The van der Waals surface area contributed by atoms with Gasteiger partial charge in [0, 0.05) is 31.5 Å². The van der Waals surface area contributed by atoms with E-state index in [0.29, 0.717) is 48.8 Å². The van der Waals surface area contributed by atoms with Gasteiger partial charge in [0.05, 0.1) is 12.7 Å². The number of anilines is 1. The van der Waals surface area contributed by atoms with Gasteiger partial charge in [0.2, 0.25) is 0 Å². The Morgan fingerprint density at radius 2 is 1.79 bits per heavy atom. The molecule has 1 heterocycles. The van der Waals surface area contributed by atoms with E-state index >= 15 is 0 Å². The van der Waals surface area contributed by atoms with Crippen molar-refractivity contribution in [1.29, 1.82) is 0 Å². The maximum atomic E-state index is 13.1. The highest BCUT2D eigenvalue weighted by Crippen LogP contribution is 2.31. The Labute approximate surface area is 171 Å². The van der Waals surface area contributed by atoms with Gasteiger partial charge < -0.3 is 14.8 Å². The first-order valence-electron chi connectivity index (χ1n) is 9.71. The van der Waals surface area contributed by atoms with Gasteiger partial charge in [-0.2, -0.15) is 0 Å². The molecule has 29 heavy (non-hydrogen) atoms. The summed E-state index contributed by atoms with van der Waals surface area (Å²) in [5.41, 5.74) is 3.15. The van der Waals surface area contributed by atoms with Gasteiger partial charge in [-0.15, -0.1) is 0 Å². The summed E-state index contributed by atoms with van der Waals surface area (Å²) in [5, 5.41) is 3.15. The fraction of sp³-hybridized carbons (Fsp3) is 0.304. The Hall–Kier alpha value is -3.12. The summed E-state index contributed by atoms with van der Waals surface area (Å²) in [5.74, 6) is 0.0449. The van der Waals surface area contributed by atoms with Gasteiger partial charge in [-0.05, 0) is 38.0 Å². The second-order valence-corrected chi connectivity index (χ2v) is 6.79. The quantitative estimate of drug-likeness (QED) is 0.520. The standard InChI is InChI=1S/C23H26N2O4/c1-4-29-14-6-13-25-22(26)20(17-11-9-16(2)10-12-17)21(23(25)27)24-18-7-5-8-19(15-18)28-3/h5,7-12,15,24H,4,6,13-14H2,1-3H3. The molecule has 0 saturated carbocycles. The van der Waals surface area contributed by atoms with Crippen molar-refractivity contribution in [1.82, 2.24) is 4.90 Å². The summed E-state index contributed by atoms with van der Waals surface area (Å²) in [7, 11) is 1.58. The lowest BCUT2D eigenvalue weighted by Crippen LogP contribution is -2.34. The van der Waals surface area contributed by atoms with Crippen molar-refractivity contribution in [2.75, 3.05) is 32.2 Å². The lowest BCUT2D eigenvalue weighted by molar-refractivity contribution is -0.137. The normalized spacial score (nSPS) is 14.0. The predicted molar refractivity (Wildman–Crippen MR) is 113 cm³/mol. The lowest BCUT2D eigenvalue weighted by Gasteiger charge is -2.15. The van der Waals surface area contributed by atoms with Crippen molar-refractivity contribution in [3.8, 4) is 5.75 Å². The van der Waals surface area contributed by atoms with Gasteiger partial charge in [0.1, 0.15) is 11.4 Å². The Balaban J connectivity index is 1.94. The molecule has 0 bridgehead atoms. The Bertz CT molecular complexity index is 919. The molecule has 0 unspecified atom stereocenters. The highest BCUT2D eigenvalue weighted by molar-refractivity contribution is 6.36. The number of hydrogen-bond donors (Lipinski definition) is 1. The van der Waals surface area contributed by atoms with Crippen LogP contribution < -0.4 is 10.1 Å². The van der Waals surface area contributed by atoms with E-state index in [1.165, 1.54) is 4.90 Å². The molecule has 152 valence electrons. The van der Waals surface area contributed by atoms with Crippen molar-refractivity contribution in [2.45, 2.75) is 20.3 Å². The van der Waals surface area contributed by atoms with E-state index in [9.17, 15) is 9.59 Å². The van der Waals surface area contributed by atoms with Crippen LogP contribution in [0.15, 0.2) is 54.2 Å². The SMILES string of the molecule is CCOCCCN1C(=O)C(Nc2cccc(OC)c2)=C(c2ccc(C)cc2)C1=O. The summed E-state index contributed by atoms with van der Waals surface area (Å²) >= 11 is 0. The van der Waals surface area contributed by atoms with Gasteiger partial charge >= 0.3 is 0 Å². The number of hydrogen-bond acceptors (Lipinski definition) is 5. The van der Waals surface area contributed by atoms with Crippen molar-refractivity contribution in [3.05, 3.63) is 65.4 Å². The third kappa shape index (κ3) is 4.66. The van der Waals surface area contributed by atoms with Gasteiger partial charge in [0.25, 0.3) is 11.8 Å². The number of carbonyl (C=O) groups excluding carboxylic acids is 2. The number of nitrogens with one attached hydrogen (secondary N) is 1. The number of methoxy groups -OCH3 is 1. The molecule has 0 atom stereocenters. The van der Waals surface area contributed by atoms with Gasteiger partial charge in [-0.1, -0.05) is 35.9 Å². The maximum Gasteiger partial charge on any atom is 0.278 e. The molecule has 0 spiro atoms. The van der Waals surface area contributed by atoms with Crippen molar-refractivity contribution in [2.24, 2.45) is 0 Å². The fourth-order valence-corrected chi connectivity index (χ4v) is 3.20. The summed E-state index contributed by atoms with van der Waals surface area (Å²) in [6.07, 6.45) is 0.596. The average molecular weight is 394 g/mol. The largest absolute Gasteiger partial charge is 0.497 e. The fourth-order valence-electron chi connectivity index (χ4n) is 3.20. The highest BCUT2D eigenvalue weighted by atomic mass is 16.5. The molecule has 0 saturated heterocycles. The van der Waals surface area contributed by atoms with Crippen LogP contribution in [0.1, 0.15) is 24.5 Å². The number of rotatable bonds is 9. The summed E-state index contributed by atoms with van der Waals surface area (Å²) < 4.78 is 10.6. The molecule has 0 fully saturated rings. The topological polar surface area (TPSA) is 67.9 Å². The summed E-state index contributed by atoms with van der Waals surface area (Å²) in [6.45, 7) is 5.33. The Morgan fingerprint density at radius 1 is 1.03 bits per heavy atom. The molecule has 6 heteroatoms. The minimum atomic E-state index is -0.329. The monoisotopic (exact) mass is 394 g/mol. The van der Waals surface area contributed by atoms with Crippen LogP contribution in [-0.2, 0) is 14.3 Å². The van der Waals surface area contributed by atoms with Gasteiger partial charge in [-0.3, -0.25) is 14.5 Å². The smallest absolute Gasteiger partial charge is 0.278 e. The van der Waals surface area contributed by atoms with E-state index in [2.05, 4.69) is 5.32 Å². The highest BCUT2D eigenvalue weighted by Gasteiger charge is 2.38. The molecular formula is C23H26N2O4. The van der Waals surface area contributed by atoms with Gasteiger partial charge in [0.15, 0.2) is 0 Å². The number of ether oxygens (including phenoxy) is 2. The molecule has 1 aliphatic rings. The molecule has 0 radical (unpaired) electrons. The maximum absolute atomic E-state index is 13.1. The van der Waals surface area contributed by atoms with E-state index in [1.807, 2.05) is 56.3 Å².